The fraction of sp³-hybridized carbons (Fsp3) is 0.583. The van der Waals surface area contributed by atoms with Gasteiger partial charge in [-0.1, -0.05) is 20.8 Å². The summed E-state index contributed by atoms with van der Waals surface area (Å²) in [4.78, 5) is 29.5. The largest absolute Gasteiger partial charge is 0.480 e. The lowest BCUT2D eigenvalue weighted by molar-refractivity contribution is -0.141. The second-order valence-electron chi connectivity index (χ2n) is 5.36. The Hall–Kier alpha value is -2.05. The van der Waals surface area contributed by atoms with E-state index in [1.807, 2.05) is 0 Å². The van der Waals surface area contributed by atoms with Gasteiger partial charge in [0.2, 0.25) is 0 Å². The minimum atomic E-state index is -1.05. The molecule has 0 radical (unpaired) electrons. The molecule has 1 rings (SSSR count). The van der Waals surface area contributed by atoms with Crippen LogP contribution in [0.25, 0.3) is 0 Å². The number of urea groups is 1. The first-order valence-corrected chi connectivity index (χ1v) is 6.05. The molecule has 0 saturated carbocycles. The standard InChI is InChI=1S/C12H20N4O3/c1-12(2,3)9(10(17)18)16-11(19)14-5-4-8-6-13-7-15-8/h6-7,9H,4-5H2,1-3H3,(H,13,15)(H,17,18)(H2,14,16,19). The average Bonchev–Trinajstić information content (AvgIpc) is 2.77. The van der Waals surface area contributed by atoms with Gasteiger partial charge in [-0.25, -0.2) is 14.6 Å². The maximum atomic E-state index is 11.6. The van der Waals surface area contributed by atoms with Crippen molar-refractivity contribution in [2.24, 2.45) is 5.41 Å². The summed E-state index contributed by atoms with van der Waals surface area (Å²) < 4.78 is 0. The Morgan fingerprint density at radius 3 is 2.63 bits per heavy atom. The van der Waals surface area contributed by atoms with Gasteiger partial charge in [0.05, 0.1) is 6.33 Å². The maximum Gasteiger partial charge on any atom is 0.326 e. The number of rotatable bonds is 5. The van der Waals surface area contributed by atoms with E-state index in [1.165, 1.54) is 0 Å². The van der Waals surface area contributed by atoms with Crippen molar-refractivity contribution in [1.82, 2.24) is 20.6 Å². The molecule has 1 heterocycles. The van der Waals surface area contributed by atoms with Crippen LogP contribution in [0.15, 0.2) is 12.5 Å². The van der Waals surface area contributed by atoms with Crippen LogP contribution in [0.5, 0.6) is 0 Å². The van der Waals surface area contributed by atoms with Crippen molar-refractivity contribution in [2.75, 3.05) is 6.54 Å². The van der Waals surface area contributed by atoms with Crippen LogP contribution < -0.4 is 10.6 Å². The molecule has 7 heteroatoms. The Morgan fingerprint density at radius 1 is 1.47 bits per heavy atom. The van der Waals surface area contributed by atoms with Crippen molar-refractivity contribution in [3.63, 3.8) is 0 Å². The van der Waals surface area contributed by atoms with E-state index in [-0.39, 0.29) is 0 Å². The van der Waals surface area contributed by atoms with Crippen LogP contribution >= 0.6 is 0 Å². The van der Waals surface area contributed by atoms with Crippen molar-refractivity contribution in [3.8, 4) is 0 Å². The minimum absolute atomic E-state index is 0.407. The predicted molar refractivity (Wildman–Crippen MR) is 69.7 cm³/mol. The van der Waals surface area contributed by atoms with E-state index in [0.717, 1.165) is 5.69 Å². The Morgan fingerprint density at radius 2 is 2.16 bits per heavy atom. The number of hydrogen-bond donors (Lipinski definition) is 4. The first-order valence-electron chi connectivity index (χ1n) is 6.05. The van der Waals surface area contributed by atoms with E-state index in [9.17, 15) is 9.59 Å². The molecule has 1 unspecified atom stereocenters. The molecule has 2 amide bonds. The van der Waals surface area contributed by atoms with E-state index in [4.69, 9.17) is 5.11 Å². The number of carboxylic acid groups (broad SMARTS) is 1. The Labute approximate surface area is 111 Å². The molecule has 0 aliphatic carbocycles. The highest BCUT2D eigenvalue weighted by molar-refractivity contribution is 5.83. The van der Waals surface area contributed by atoms with Gasteiger partial charge in [0.25, 0.3) is 0 Å². The summed E-state index contributed by atoms with van der Waals surface area (Å²) in [6.07, 6.45) is 3.85. The van der Waals surface area contributed by atoms with Crippen molar-refractivity contribution in [2.45, 2.75) is 33.2 Å². The highest BCUT2D eigenvalue weighted by atomic mass is 16.4. The maximum absolute atomic E-state index is 11.6. The summed E-state index contributed by atoms with van der Waals surface area (Å²) in [5.74, 6) is -1.05. The van der Waals surface area contributed by atoms with Crippen molar-refractivity contribution in [3.05, 3.63) is 18.2 Å². The quantitative estimate of drug-likeness (QED) is 0.632. The smallest absolute Gasteiger partial charge is 0.326 e. The van der Waals surface area contributed by atoms with Crippen LogP contribution in [-0.2, 0) is 11.2 Å². The van der Waals surface area contributed by atoms with Crippen molar-refractivity contribution >= 4 is 12.0 Å². The number of aromatic amines is 1. The van der Waals surface area contributed by atoms with Gasteiger partial charge >= 0.3 is 12.0 Å². The lowest BCUT2D eigenvalue weighted by Gasteiger charge is -2.27. The Bertz CT molecular complexity index is 423. The van der Waals surface area contributed by atoms with Crippen LogP contribution in [-0.4, -0.2) is 39.7 Å². The number of imidazole rings is 1. The zero-order valence-electron chi connectivity index (χ0n) is 11.4. The van der Waals surface area contributed by atoms with E-state index >= 15 is 0 Å². The molecule has 0 aliphatic heterocycles. The lowest BCUT2D eigenvalue weighted by Crippen LogP contribution is -2.52. The zero-order valence-corrected chi connectivity index (χ0v) is 11.4. The van der Waals surface area contributed by atoms with Gasteiger partial charge < -0.3 is 20.7 Å². The van der Waals surface area contributed by atoms with Crippen LogP contribution in [0.1, 0.15) is 26.5 Å². The summed E-state index contributed by atoms with van der Waals surface area (Å²) in [6.45, 7) is 5.69. The monoisotopic (exact) mass is 268 g/mol. The van der Waals surface area contributed by atoms with Gasteiger partial charge in [0, 0.05) is 24.9 Å². The summed E-state index contributed by atoms with van der Waals surface area (Å²) in [6, 6.07) is -1.42. The van der Waals surface area contributed by atoms with Crippen LogP contribution in [0.4, 0.5) is 4.79 Å². The normalized spacial score (nSPS) is 12.8. The van der Waals surface area contributed by atoms with Gasteiger partial charge in [-0.2, -0.15) is 0 Å². The molecule has 7 nitrogen and oxygen atoms in total. The number of carboxylic acids is 1. The second-order valence-corrected chi connectivity index (χ2v) is 5.36. The molecule has 4 N–H and O–H groups in total. The molecule has 19 heavy (non-hydrogen) atoms. The number of nitrogens with one attached hydrogen (secondary N) is 3. The molecule has 1 aromatic rings. The molecular formula is C12H20N4O3. The van der Waals surface area contributed by atoms with Gasteiger partial charge in [0.15, 0.2) is 0 Å². The molecule has 0 aliphatic rings. The fourth-order valence-electron chi connectivity index (χ4n) is 1.56. The topological polar surface area (TPSA) is 107 Å². The van der Waals surface area contributed by atoms with Crippen molar-refractivity contribution < 1.29 is 14.7 Å². The third kappa shape index (κ3) is 4.99. The number of H-pyrrole nitrogens is 1. The Balaban J connectivity index is 2.39. The summed E-state index contributed by atoms with van der Waals surface area (Å²) >= 11 is 0. The fourth-order valence-corrected chi connectivity index (χ4v) is 1.56. The second kappa shape index (κ2) is 6.21. The van der Waals surface area contributed by atoms with Gasteiger partial charge in [-0.3, -0.25) is 0 Å². The van der Waals surface area contributed by atoms with Crippen LogP contribution in [0.2, 0.25) is 0 Å². The molecule has 106 valence electrons. The van der Waals surface area contributed by atoms with Crippen LogP contribution in [0.3, 0.4) is 0 Å². The van der Waals surface area contributed by atoms with Gasteiger partial charge in [-0.15, -0.1) is 0 Å². The zero-order chi connectivity index (χ0) is 14.5. The summed E-state index contributed by atoms with van der Waals surface area (Å²) in [5, 5.41) is 14.2. The number of carbonyl (C=O) groups excluding carboxylic acids is 1. The van der Waals surface area contributed by atoms with Gasteiger partial charge in [0.1, 0.15) is 6.04 Å². The lowest BCUT2D eigenvalue weighted by atomic mass is 9.87. The summed E-state index contributed by atoms with van der Waals surface area (Å²) in [7, 11) is 0. The highest BCUT2D eigenvalue weighted by Crippen LogP contribution is 2.19. The van der Waals surface area contributed by atoms with Gasteiger partial charge in [-0.05, 0) is 5.41 Å². The van der Waals surface area contributed by atoms with Crippen molar-refractivity contribution in [1.29, 1.82) is 0 Å². The predicted octanol–water partition coefficient (Wildman–Crippen LogP) is 0.751. The molecule has 1 atom stereocenters. The number of aromatic nitrogens is 2. The van der Waals surface area contributed by atoms with E-state index in [1.54, 1.807) is 33.3 Å². The number of aliphatic carboxylic acids is 1. The molecule has 1 aromatic heterocycles. The number of hydrogen-bond acceptors (Lipinski definition) is 3. The molecular weight excluding hydrogens is 248 g/mol. The number of nitrogens with zero attached hydrogens (tertiary/aromatic N) is 1. The molecule has 0 saturated heterocycles. The van der Waals surface area contributed by atoms with E-state index in [0.29, 0.717) is 13.0 Å². The molecule has 0 fully saturated rings. The average molecular weight is 268 g/mol. The molecule has 0 spiro atoms. The van der Waals surface area contributed by atoms with E-state index < -0.39 is 23.5 Å². The minimum Gasteiger partial charge on any atom is -0.480 e. The van der Waals surface area contributed by atoms with Crippen LogP contribution in [0, 0.1) is 5.41 Å². The number of carbonyl (C=O) groups is 2. The first kappa shape index (κ1) is 15.0. The Kier molecular flexibility index (Phi) is 4.91. The molecule has 0 aromatic carbocycles. The summed E-state index contributed by atoms with van der Waals surface area (Å²) in [5.41, 5.74) is 0.359. The third-order valence-corrected chi connectivity index (χ3v) is 2.62. The SMILES string of the molecule is CC(C)(C)C(NC(=O)NCCc1cnc[nH]1)C(=O)O. The first-order chi connectivity index (χ1) is 8.80. The third-order valence-electron chi connectivity index (χ3n) is 2.62. The molecule has 0 bridgehead atoms. The van der Waals surface area contributed by atoms with E-state index in [2.05, 4.69) is 20.6 Å². The number of amides is 2. The highest BCUT2D eigenvalue weighted by Gasteiger charge is 2.32.